The zero-order valence-corrected chi connectivity index (χ0v) is 11.3. The number of halogens is 1. The Morgan fingerprint density at radius 1 is 1.38 bits per heavy atom. The van der Waals surface area contributed by atoms with Crippen molar-refractivity contribution >= 4 is 11.6 Å². The van der Waals surface area contributed by atoms with E-state index in [4.69, 9.17) is 16.3 Å². The number of likely N-dealkylation sites (N-methyl/N-ethyl adjacent to an activating group) is 1. The Labute approximate surface area is 104 Å². The quantitative estimate of drug-likeness (QED) is 0.706. The van der Waals surface area contributed by atoms with Gasteiger partial charge in [0.05, 0.1) is 11.7 Å². The summed E-state index contributed by atoms with van der Waals surface area (Å²) in [6, 6.07) is 0.449. The Kier molecular flexibility index (Phi) is 4.15. The van der Waals surface area contributed by atoms with Crippen molar-refractivity contribution in [3.8, 4) is 0 Å². The summed E-state index contributed by atoms with van der Waals surface area (Å²) in [4.78, 5) is 2.33. The van der Waals surface area contributed by atoms with Gasteiger partial charge in [0, 0.05) is 18.5 Å². The predicted octanol–water partition coefficient (Wildman–Crippen LogP) is 3.04. The van der Waals surface area contributed by atoms with Crippen molar-refractivity contribution in [2.75, 3.05) is 19.5 Å². The largest absolute Gasteiger partial charge is 0.370 e. The molecule has 1 saturated heterocycles. The number of alkyl halides is 1. The molecule has 0 bridgehead atoms. The molecule has 3 heteroatoms. The first-order valence-electron chi connectivity index (χ1n) is 6.59. The van der Waals surface area contributed by atoms with Crippen LogP contribution in [0.1, 0.15) is 45.4 Å². The van der Waals surface area contributed by atoms with Crippen molar-refractivity contribution in [2.45, 2.75) is 63.2 Å². The summed E-state index contributed by atoms with van der Waals surface area (Å²) in [5, 5.41) is 0. The average molecular weight is 246 g/mol. The molecular weight excluding hydrogens is 222 g/mol. The van der Waals surface area contributed by atoms with E-state index < -0.39 is 0 Å². The summed E-state index contributed by atoms with van der Waals surface area (Å²) in [7, 11) is 2.15. The maximum atomic E-state index is 6.29. The topological polar surface area (TPSA) is 12.5 Å². The fourth-order valence-corrected chi connectivity index (χ4v) is 3.27. The lowest BCUT2D eigenvalue weighted by Crippen LogP contribution is -2.38. The van der Waals surface area contributed by atoms with Crippen LogP contribution < -0.4 is 0 Å². The monoisotopic (exact) mass is 245 g/mol. The lowest BCUT2D eigenvalue weighted by atomic mass is 9.98. The lowest BCUT2D eigenvalue weighted by molar-refractivity contribution is -0.0472. The number of nitrogens with zero attached hydrogens (tertiary/aromatic N) is 1. The summed E-state index contributed by atoms with van der Waals surface area (Å²) in [6.45, 7) is 3.21. The number of hydrogen-bond donors (Lipinski definition) is 0. The van der Waals surface area contributed by atoms with Gasteiger partial charge in [0.1, 0.15) is 0 Å². The van der Waals surface area contributed by atoms with Gasteiger partial charge >= 0.3 is 0 Å². The summed E-state index contributed by atoms with van der Waals surface area (Å²) < 4.78 is 6.29. The summed E-state index contributed by atoms with van der Waals surface area (Å²) in [6.07, 6.45) is 8.26. The van der Waals surface area contributed by atoms with Crippen LogP contribution in [-0.2, 0) is 4.74 Å². The van der Waals surface area contributed by atoms with Crippen molar-refractivity contribution in [3.05, 3.63) is 0 Å². The minimum atomic E-state index is 0.274. The van der Waals surface area contributed by atoms with E-state index in [1.165, 1.54) is 38.5 Å². The molecule has 16 heavy (non-hydrogen) atoms. The molecule has 1 saturated carbocycles. The van der Waals surface area contributed by atoms with Crippen LogP contribution in [0, 0.1) is 0 Å². The molecule has 2 rings (SSSR count). The molecule has 0 N–H and O–H groups in total. The average Bonchev–Trinajstić information content (AvgIpc) is 2.89. The maximum absolute atomic E-state index is 6.29. The van der Waals surface area contributed by atoms with Crippen molar-refractivity contribution in [1.29, 1.82) is 0 Å². The Morgan fingerprint density at radius 2 is 2.06 bits per heavy atom. The highest BCUT2D eigenvalue weighted by atomic mass is 35.5. The molecule has 0 aromatic rings. The minimum Gasteiger partial charge on any atom is -0.370 e. The van der Waals surface area contributed by atoms with E-state index in [0.29, 0.717) is 18.0 Å². The standard InChI is InChI=1S/C13H24ClNO/c1-11(9-14)15(2)10-12-5-8-13(16-12)6-3-4-7-13/h11-12H,3-10H2,1-2H3. The normalized spacial score (nSPS) is 30.4. The molecule has 2 aliphatic rings. The van der Waals surface area contributed by atoms with E-state index in [1.54, 1.807) is 0 Å². The van der Waals surface area contributed by atoms with Crippen LogP contribution in [-0.4, -0.2) is 42.1 Å². The molecule has 94 valence electrons. The fourth-order valence-electron chi connectivity index (χ4n) is 3.03. The minimum absolute atomic E-state index is 0.274. The van der Waals surface area contributed by atoms with E-state index in [0.717, 1.165) is 6.54 Å². The van der Waals surface area contributed by atoms with Crippen LogP contribution in [0.2, 0.25) is 0 Å². The number of hydrogen-bond acceptors (Lipinski definition) is 2. The molecule has 1 spiro atoms. The summed E-state index contributed by atoms with van der Waals surface area (Å²) in [5.41, 5.74) is 0.274. The van der Waals surface area contributed by atoms with Crippen LogP contribution in [0.25, 0.3) is 0 Å². The molecule has 2 unspecified atom stereocenters. The second-order valence-corrected chi connectivity index (χ2v) is 5.92. The van der Waals surface area contributed by atoms with E-state index in [1.807, 2.05) is 0 Å². The third-order valence-electron chi connectivity index (χ3n) is 4.32. The van der Waals surface area contributed by atoms with Crippen molar-refractivity contribution < 1.29 is 4.74 Å². The Balaban J connectivity index is 1.80. The third-order valence-corrected chi connectivity index (χ3v) is 4.77. The van der Waals surface area contributed by atoms with Crippen LogP contribution >= 0.6 is 11.6 Å². The smallest absolute Gasteiger partial charge is 0.0710 e. The van der Waals surface area contributed by atoms with E-state index >= 15 is 0 Å². The molecule has 0 aromatic carbocycles. The van der Waals surface area contributed by atoms with Gasteiger partial charge in [-0.2, -0.15) is 0 Å². The maximum Gasteiger partial charge on any atom is 0.0710 e. The Bertz CT molecular complexity index is 228. The van der Waals surface area contributed by atoms with Crippen molar-refractivity contribution in [3.63, 3.8) is 0 Å². The van der Waals surface area contributed by atoms with Crippen LogP contribution in [0.4, 0.5) is 0 Å². The van der Waals surface area contributed by atoms with Gasteiger partial charge in [-0.1, -0.05) is 12.8 Å². The molecule has 0 amide bonds. The van der Waals surface area contributed by atoms with Gasteiger partial charge in [-0.25, -0.2) is 0 Å². The van der Waals surface area contributed by atoms with Crippen LogP contribution in [0.15, 0.2) is 0 Å². The second kappa shape index (κ2) is 5.24. The molecule has 1 aliphatic heterocycles. The first-order chi connectivity index (χ1) is 7.65. The van der Waals surface area contributed by atoms with Gasteiger partial charge in [0.25, 0.3) is 0 Å². The summed E-state index contributed by atoms with van der Waals surface area (Å²) >= 11 is 5.87. The highest BCUT2D eigenvalue weighted by Gasteiger charge is 2.42. The van der Waals surface area contributed by atoms with E-state index in [2.05, 4.69) is 18.9 Å². The highest BCUT2D eigenvalue weighted by Crippen LogP contribution is 2.43. The molecule has 1 heterocycles. The van der Waals surface area contributed by atoms with Gasteiger partial charge < -0.3 is 4.74 Å². The molecular formula is C13H24ClNO. The van der Waals surface area contributed by atoms with E-state index in [-0.39, 0.29) is 5.60 Å². The van der Waals surface area contributed by atoms with Crippen molar-refractivity contribution in [2.24, 2.45) is 0 Å². The molecule has 1 aliphatic carbocycles. The molecule has 2 fully saturated rings. The number of ether oxygens (including phenoxy) is 1. The van der Waals surface area contributed by atoms with Gasteiger partial charge in [-0.05, 0) is 39.7 Å². The molecule has 0 radical (unpaired) electrons. The molecule has 0 aromatic heterocycles. The van der Waals surface area contributed by atoms with Crippen LogP contribution in [0.5, 0.6) is 0 Å². The van der Waals surface area contributed by atoms with Gasteiger partial charge in [0.15, 0.2) is 0 Å². The SMILES string of the molecule is CC(CCl)N(C)CC1CCC2(CCCC2)O1. The first-order valence-corrected chi connectivity index (χ1v) is 7.13. The lowest BCUT2D eigenvalue weighted by Gasteiger charge is -2.28. The zero-order valence-electron chi connectivity index (χ0n) is 10.5. The molecule has 2 nitrogen and oxygen atoms in total. The predicted molar refractivity (Wildman–Crippen MR) is 68.1 cm³/mol. The van der Waals surface area contributed by atoms with Crippen molar-refractivity contribution in [1.82, 2.24) is 4.90 Å². The molecule has 2 atom stereocenters. The third kappa shape index (κ3) is 2.72. The highest BCUT2D eigenvalue weighted by molar-refractivity contribution is 6.18. The fraction of sp³-hybridized carbons (Fsp3) is 1.00. The van der Waals surface area contributed by atoms with Crippen LogP contribution in [0.3, 0.4) is 0 Å². The first kappa shape index (κ1) is 12.7. The van der Waals surface area contributed by atoms with Gasteiger partial charge in [-0.15, -0.1) is 11.6 Å². The second-order valence-electron chi connectivity index (χ2n) is 5.61. The zero-order chi connectivity index (χ0) is 11.6. The Hall–Kier alpha value is 0.210. The van der Waals surface area contributed by atoms with Gasteiger partial charge in [0.2, 0.25) is 0 Å². The van der Waals surface area contributed by atoms with Gasteiger partial charge in [-0.3, -0.25) is 4.90 Å². The summed E-state index contributed by atoms with van der Waals surface area (Å²) in [5.74, 6) is 0.703. The number of rotatable bonds is 4. The van der Waals surface area contributed by atoms with E-state index in [9.17, 15) is 0 Å². The Morgan fingerprint density at radius 3 is 2.69 bits per heavy atom.